The predicted octanol–water partition coefficient (Wildman–Crippen LogP) is 3.81. The fourth-order valence-electron chi connectivity index (χ4n) is 3.32. The Hall–Kier alpha value is -2.56. The Morgan fingerprint density at radius 3 is 2.59 bits per heavy atom. The average Bonchev–Trinajstić information content (AvgIpc) is 2.63. The van der Waals surface area contributed by atoms with Gasteiger partial charge in [0.05, 0.1) is 18.8 Å². The summed E-state index contributed by atoms with van der Waals surface area (Å²) in [5.41, 5.74) is 3.91. The first kappa shape index (κ1) is 20.7. The Labute approximate surface area is 160 Å². The zero-order valence-electron chi connectivity index (χ0n) is 16.6. The molecule has 4 nitrogen and oxygen atoms in total. The van der Waals surface area contributed by atoms with Crippen molar-refractivity contribution in [3.05, 3.63) is 52.9 Å². The number of aliphatic carboxylic acids is 1. The van der Waals surface area contributed by atoms with E-state index in [9.17, 15) is 14.3 Å². The van der Waals surface area contributed by atoms with E-state index in [0.717, 1.165) is 48.0 Å². The molecule has 0 bridgehead atoms. The molecule has 2 rings (SSSR count). The van der Waals surface area contributed by atoms with E-state index in [1.165, 1.54) is 12.2 Å². The number of carboxylic acids is 1. The van der Waals surface area contributed by atoms with E-state index >= 15 is 0 Å². The molecule has 0 N–H and O–H groups in total. The van der Waals surface area contributed by atoms with Gasteiger partial charge in [0.25, 0.3) is 0 Å². The number of halogens is 1. The van der Waals surface area contributed by atoms with Crippen molar-refractivity contribution >= 4 is 17.2 Å². The van der Waals surface area contributed by atoms with E-state index < -0.39 is 11.8 Å². The van der Waals surface area contributed by atoms with E-state index in [-0.39, 0.29) is 0 Å². The molecule has 0 amide bonds. The molecule has 1 aromatic carbocycles. The molecule has 0 unspecified atom stereocenters. The van der Waals surface area contributed by atoms with E-state index in [1.54, 1.807) is 21.0 Å². The summed E-state index contributed by atoms with van der Waals surface area (Å²) in [5, 5.41) is 10.5. The number of carbonyl (C=O) groups excluding carboxylic acids is 1. The summed E-state index contributed by atoms with van der Waals surface area (Å²) in [5.74, 6) is -0.966. The Bertz CT molecular complexity index is 789. The monoisotopic (exact) mass is 372 g/mol. The van der Waals surface area contributed by atoms with Gasteiger partial charge < -0.3 is 19.5 Å². The zero-order chi connectivity index (χ0) is 20.1. The van der Waals surface area contributed by atoms with Gasteiger partial charge in [-0.05, 0) is 87.1 Å². The number of rotatable bonds is 6. The number of carbonyl (C=O) groups is 1. The van der Waals surface area contributed by atoms with Gasteiger partial charge in [-0.15, -0.1) is 0 Å². The maximum Gasteiger partial charge on any atom is 0.143 e. The van der Waals surface area contributed by atoms with Crippen LogP contribution in [0.15, 0.2) is 41.8 Å². The van der Waals surface area contributed by atoms with E-state index in [1.807, 2.05) is 12.1 Å². The van der Waals surface area contributed by atoms with Crippen molar-refractivity contribution in [3.8, 4) is 5.75 Å². The number of ether oxygens (including phenoxy) is 1. The van der Waals surface area contributed by atoms with Crippen molar-refractivity contribution in [2.45, 2.75) is 46.6 Å². The highest BCUT2D eigenvalue weighted by Gasteiger charge is 2.24. The third-order valence-electron chi connectivity index (χ3n) is 4.76. The van der Waals surface area contributed by atoms with Crippen molar-refractivity contribution < 1.29 is 19.0 Å². The lowest BCUT2D eigenvalue weighted by Crippen LogP contribution is -2.35. The quantitative estimate of drug-likeness (QED) is 0.563. The Balaban J connectivity index is 2.44. The lowest BCUT2D eigenvalue weighted by molar-refractivity contribution is -0.297. The third kappa shape index (κ3) is 5.00. The molecular formula is C22H27FNO3-. The number of hydrogen-bond donors (Lipinski definition) is 0. The van der Waals surface area contributed by atoms with Crippen LogP contribution in [-0.2, 0) is 11.2 Å². The highest BCUT2D eigenvalue weighted by molar-refractivity contribution is 5.79. The molecule has 27 heavy (non-hydrogen) atoms. The standard InChI is InChI=1S/C22H28FNO3/c1-14(2)24-10-6-7-17-12-18(13-20(27-5)22(17)24)16(4)19(23)9-8-15(3)11-21(25)26/h8-9,11-14H,6-7,10H2,1-5H3,(H,25,26)/p-1/b9-8+,15-11+,19-16+. The van der Waals surface area contributed by atoms with Crippen LogP contribution >= 0.6 is 0 Å². The number of allylic oxidation sites excluding steroid dienone is 5. The first-order valence-corrected chi connectivity index (χ1v) is 9.16. The van der Waals surface area contributed by atoms with Crippen LogP contribution in [0.4, 0.5) is 10.1 Å². The molecule has 1 heterocycles. The van der Waals surface area contributed by atoms with Crippen LogP contribution in [0.25, 0.3) is 5.57 Å². The van der Waals surface area contributed by atoms with Gasteiger partial charge in [0.1, 0.15) is 11.6 Å². The van der Waals surface area contributed by atoms with Crippen LogP contribution in [0.3, 0.4) is 0 Å². The number of aryl methyl sites for hydroxylation is 1. The number of fused-ring (bicyclic) bond motifs is 1. The van der Waals surface area contributed by atoms with Gasteiger partial charge >= 0.3 is 0 Å². The van der Waals surface area contributed by atoms with E-state index in [2.05, 4.69) is 18.7 Å². The predicted molar refractivity (Wildman–Crippen MR) is 105 cm³/mol. The summed E-state index contributed by atoms with van der Waals surface area (Å²) in [6.45, 7) is 8.58. The van der Waals surface area contributed by atoms with Crippen LogP contribution in [0, 0.1) is 0 Å². The van der Waals surface area contributed by atoms with Gasteiger partial charge in [0.2, 0.25) is 0 Å². The van der Waals surface area contributed by atoms with Crippen molar-refractivity contribution in [1.82, 2.24) is 0 Å². The van der Waals surface area contributed by atoms with Crippen molar-refractivity contribution in [2.24, 2.45) is 0 Å². The Morgan fingerprint density at radius 1 is 1.30 bits per heavy atom. The molecule has 0 fully saturated rings. The summed E-state index contributed by atoms with van der Waals surface area (Å²) in [6.07, 6.45) is 5.61. The first-order valence-electron chi connectivity index (χ1n) is 9.16. The van der Waals surface area contributed by atoms with Gasteiger partial charge in [-0.25, -0.2) is 4.39 Å². The fourth-order valence-corrected chi connectivity index (χ4v) is 3.32. The van der Waals surface area contributed by atoms with Crippen LogP contribution in [0.5, 0.6) is 5.75 Å². The minimum atomic E-state index is -1.30. The summed E-state index contributed by atoms with van der Waals surface area (Å²) < 4.78 is 20.2. The highest BCUT2D eigenvalue weighted by atomic mass is 19.1. The second-order valence-corrected chi connectivity index (χ2v) is 7.09. The molecule has 0 saturated carbocycles. The number of methoxy groups -OCH3 is 1. The minimum absolute atomic E-state index is 0.360. The van der Waals surface area contributed by atoms with Gasteiger partial charge in [-0.3, -0.25) is 0 Å². The molecule has 0 spiro atoms. The normalized spacial score (nSPS) is 15.8. The van der Waals surface area contributed by atoms with Crippen LogP contribution < -0.4 is 14.7 Å². The SMILES string of the molecule is COc1cc(\C(C)=C(F)/C=C/C(C)=C/C(=O)[O-])cc2c1N(C(C)C)CCC2. The number of nitrogens with zero attached hydrogens (tertiary/aromatic N) is 1. The second kappa shape index (κ2) is 8.89. The molecule has 0 aromatic heterocycles. The number of carboxylic acid groups (broad SMARTS) is 1. The van der Waals surface area contributed by atoms with E-state index in [4.69, 9.17) is 4.74 Å². The molecule has 0 saturated heterocycles. The molecular weight excluding hydrogens is 345 g/mol. The van der Waals surface area contributed by atoms with E-state index in [0.29, 0.717) is 17.2 Å². The maximum atomic E-state index is 14.6. The highest BCUT2D eigenvalue weighted by Crippen LogP contribution is 2.40. The molecule has 1 aromatic rings. The molecule has 1 aliphatic rings. The minimum Gasteiger partial charge on any atom is -0.545 e. The lowest BCUT2D eigenvalue weighted by atomic mass is 9.94. The molecule has 0 aliphatic carbocycles. The smallest absolute Gasteiger partial charge is 0.143 e. The second-order valence-electron chi connectivity index (χ2n) is 7.09. The third-order valence-corrected chi connectivity index (χ3v) is 4.76. The largest absolute Gasteiger partial charge is 0.545 e. The summed E-state index contributed by atoms with van der Waals surface area (Å²) in [4.78, 5) is 12.9. The Kier molecular flexibility index (Phi) is 6.83. The van der Waals surface area contributed by atoms with Crippen molar-refractivity contribution in [1.29, 1.82) is 0 Å². The molecule has 1 aliphatic heterocycles. The van der Waals surface area contributed by atoms with Crippen LogP contribution in [0.1, 0.15) is 45.2 Å². The van der Waals surface area contributed by atoms with Crippen molar-refractivity contribution in [2.75, 3.05) is 18.6 Å². The maximum absolute atomic E-state index is 14.6. The molecule has 0 radical (unpaired) electrons. The van der Waals surface area contributed by atoms with Crippen molar-refractivity contribution in [3.63, 3.8) is 0 Å². The molecule has 146 valence electrons. The number of benzene rings is 1. The van der Waals surface area contributed by atoms with Gasteiger partial charge in [0.15, 0.2) is 0 Å². The first-order chi connectivity index (χ1) is 12.7. The summed E-state index contributed by atoms with van der Waals surface area (Å²) >= 11 is 0. The number of anilines is 1. The molecule has 0 atom stereocenters. The number of hydrogen-bond acceptors (Lipinski definition) is 4. The van der Waals surface area contributed by atoms with Gasteiger partial charge in [-0.2, -0.15) is 0 Å². The zero-order valence-corrected chi connectivity index (χ0v) is 16.6. The topological polar surface area (TPSA) is 52.6 Å². The fraction of sp³-hybridized carbons (Fsp3) is 0.409. The average molecular weight is 372 g/mol. The van der Waals surface area contributed by atoms with Crippen LogP contribution in [-0.4, -0.2) is 25.7 Å². The van der Waals surface area contributed by atoms with Crippen LogP contribution in [0.2, 0.25) is 0 Å². The molecule has 5 heteroatoms. The van der Waals surface area contributed by atoms with Gasteiger partial charge in [0, 0.05) is 12.6 Å². The lowest BCUT2D eigenvalue weighted by Gasteiger charge is -2.36. The summed E-state index contributed by atoms with van der Waals surface area (Å²) in [6, 6.07) is 4.25. The van der Waals surface area contributed by atoms with Gasteiger partial charge in [-0.1, -0.05) is 6.08 Å². The summed E-state index contributed by atoms with van der Waals surface area (Å²) in [7, 11) is 1.63. The Morgan fingerprint density at radius 2 is 2.00 bits per heavy atom.